The van der Waals surface area contributed by atoms with Gasteiger partial charge >= 0.3 is 0 Å². The van der Waals surface area contributed by atoms with Gasteiger partial charge < -0.3 is 19.5 Å². The van der Waals surface area contributed by atoms with Crippen LogP contribution in [0.25, 0.3) is 0 Å². The first-order valence-electron chi connectivity index (χ1n) is 9.31. The molecule has 0 spiro atoms. The Morgan fingerprint density at radius 3 is 2.70 bits per heavy atom. The molecule has 0 amide bonds. The second-order valence-corrected chi connectivity index (χ2v) is 6.97. The summed E-state index contributed by atoms with van der Waals surface area (Å²) in [4.78, 5) is 8.67. The van der Waals surface area contributed by atoms with Crippen molar-refractivity contribution in [2.24, 2.45) is 4.99 Å². The number of fused-ring (bicyclic) bond motifs is 1. The second-order valence-electron chi connectivity index (χ2n) is 6.97. The van der Waals surface area contributed by atoms with Crippen LogP contribution in [-0.4, -0.2) is 73.0 Å². The summed E-state index contributed by atoms with van der Waals surface area (Å²) in [6.07, 6.45) is 3.49. The van der Waals surface area contributed by atoms with Crippen molar-refractivity contribution in [3.63, 3.8) is 0 Å². The number of rotatable bonds is 4. The zero-order valence-corrected chi connectivity index (χ0v) is 15.5. The van der Waals surface area contributed by atoms with E-state index in [2.05, 4.69) is 6.07 Å². The van der Waals surface area contributed by atoms with Crippen molar-refractivity contribution in [1.82, 2.24) is 9.80 Å². The van der Waals surface area contributed by atoms with Gasteiger partial charge in [-0.05, 0) is 42.7 Å². The minimum atomic E-state index is -1.30. The summed E-state index contributed by atoms with van der Waals surface area (Å²) < 4.78 is 10.6. The molecule has 4 rings (SSSR count). The first kappa shape index (κ1) is 18.0. The third-order valence-corrected chi connectivity index (χ3v) is 5.56. The number of hydrogen-bond acceptors (Lipinski definition) is 7. The lowest BCUT2D eigenvalue weighted by molar-refractivity contribution is -0.214. The van der Waals surface area contributed by atoms with Crippen LogP contribution in [0.3, 0.4) is 0 Å². The zero-order valence-electron chi connectivity index (χ0n) is 15.5. The Kier molecular flexibility index (Phi) is 4.87. The molecular weight excluding hydrogens is 344 g/mol. The van der Waals surface area contributed by atoms with Crippen LogP contribution in [0.5, 0.6) is 5.75 Å². The van der Waals surface area contributed by atoms with Gasteiger partial charge in [0, 0.05) is 31.5 Å². The maximum atomic E-state index is 11.8. The van der Waals surface area contributed by atoms with Gasteiger partial charge in [0.25, 0.3) is 0 Å². The van der Waals surface area contributed by atoms with Crippen molar-refractivity contribution >= 4 is 6.21 Å². The number of nitriles is 1. The van der Waals surface area contributed by atoms with E-state index in [-0.39, 0.29) is 0 Å². The largest absolute Gasteiger partial charge is 0.497 e. The molecule has 142 valence electrons. The normalized spacial score (nSPS) is 28.6. The summed E-state index contributed by atoms with van der Waals surface area (Å²) in [6.45, 7) is 3.12. The number of aliphatic imine (C=N–C) groups is 1. The Bertz CT molecular complexity index is 792. The molecule has 0 saturated carbocycles. The van der Waals surface area contributed by atoms with Crippen LogP contribution >= 0.6 is 0 Å². The smallest absolute Gasteiger partial charge is 0.226 e. The highest BCUT2D eigenvalue weighted by atomic mass is 16.5. The number of hydrogen-bond donors (Lipinski definition) is 1. The van der Waals surface area contributed by atoms with Gasteiger partial charge in [-0.25, -0.2) is 0 Å². The fraction of sp³-hybridized carbons (Fsp3) is 0.500. The van der Waals surface area contributed by atoms with E-state index in [0.29, 0.717) is 31.9 Å². The Morgan fingerprint density at radius 2 is 2.04 bits per heavy atom. The van der Waals surface area contributed by atoms with Crippen molar-refractivity contribution < 1.29 is 14.6 Å². The molecular formula is C20H24N4O3. The molecule has 1 aromatic carbocycles. The molecule has 2 unspecified atom stereocenters. The van der Waals surface area contributed by atoms with Gasteiger partial charge in [0.2, 0.25) is 5.85 Å². The Morgan fingerprint density at radius 1 is 1.30 bits per heavy atom. The zero-order chi connectivity index (χ0) is 18.9. The molecule has 2 saturated heterocycles. The molecule has 0 aliphatic carbocycles. The quantitative estimate of drug-likeness (QED) is 0.808. The van der Waals surface area contributed by atoms with Gasteiger partial charge in [-0.3, -0.25) is 9.89 Å². The van der Waals surface area contributed by atoms with E-state index in [4.69, 9.17) is 14.5 Å². The molecule has 0 radical (unpaired) electrons. The monoisotopic (exact) mass is 368 g/mol. The molecule has 3 aliphatic rings. The molecule has 1 N–H and O–H groups in total. The lowest BCUT2D eigenvalue weighted by atomic mass is 10.0. The molecule has 3 heterocycles. The number of benzene rings is 1. The fourth-order valence-corrected chi connectivity index (χ4v) is 4.20. The third-order valence-electron chi connectivity index (χ3n) is 5.56. The third kappa shape index (κ3) is 3.00. The summed E-state index contributed by atoms with van der Waals surface area (Å²) in [7, 11) is 1.63. The molecule has 2 atom stereocenters. The highest BCUT2D eigenvalue weighted by Crippen LogP contribution is 2.45. The highest BCUT2D eigenvalue weighted by molar-refractivity contribution is 5.80. The van der Waals surface area contributed by atoms with Crippen molar-refractivity contribution in [3.05, 3.63) is 41.1 Å². The van der Waals surface area contributed by atoms with Gasteiger partial charge in [0.1, 0.15) is 11.8 Å². The van der Waals surface area contributed by atoms with Crippen molar-refractivity contribution in [2.45, 2.75) is 24.7 Å². The number of aliphatic hydroxyl groups is 1. The maximum absolute atomic E-state index is 11.8. The van der Waals surface area contributed by atoms with Crippen molar-refractivity contribution in [2.75, 3.05) is 40.0 Å². The highest BCUT2D eigenvalue weighted by Gasteiger charge is 2.57. The SMILES string of the molecule is COc1ccc(C=NC2C(C#N)=C3CCCN3C2(O)N2CCOCC2)cc1. The van der Waals surface area contributed by atoms with Gasteiger partial charge in [0.15, 0.2) is 0 Å². The van der Waals surface area contributed by atoms with Crippen LogP contribution in [0, 0.1) is 11.3 Å². The molecule has 1 aromatic rings. The van der Waals surface area contributed by atoms with Gasteiger partial charge in [-0.2, -0.15) is 5.26 Å². The molecule has 2 fully saturated rings. The molecule has 0 aromatic heterocycles. The van der Waals surface area contributed by atoms with Crippen LogP contribution in [-0.2, 0) is 4.74 Å². The Labute approximate surface area is 159 Å². The molecule has 7 heteroatoms. The van der Waals surface area contributed by atoms with Gasteiger partial charge in [0.05, 0.1) is 32.0 Å². The number of methoxy groups -OCH3 is 1. The summed E-state index contributed by atoms with van der Waals surface area (Å²) in [5.74, 6) is -0.526. The first-order valence-corrected chi connectivity index (χ1v) is 9.31. The minimum absolute atomic E-state index is 0.572. The Balaban J connectivity index is 1.68. The number of nitrogens with zero attached hydrogens (tertiary/aromatic N) is 4. The lowest BCUT2D eigenvalue weighted by Crippen LogP contribution is -2.65. The van der Waals surface area contributed by atoms with E-state index in [1.54, 1.807) is 13.3 Å². The average molecular weight is 368 g/mol. The van der Waals surface area contributed by atoms with E-state index in [0.717, 1.165) is 36.4 Å². The maximum Gasteiger partial charge on any atom is 0.226 e. The van der Waals surface area contributed by atoms with Crippen LogP contribution in [0.15, 0.2) is 40.5 Å². The van der Waals surface area contributed by atoms with Crippen LogP contribution < -0.4 is 4.74 Å². The van der Waals surface area contributed by atoms with Gasteiger partial charge in [-0.1, -0.05) is 0 Å². The topological polar surface area (TPSA) is 81.3 Å². The second kappa shape index (κ2) is 7.31. The Hall–Kier alpha value is -2.40. The number of morpholine rings is 1. The summed E-state index contributed by atoms with van der Waals surface area (Å²) >= 11 is 0. The first-order chi connectivity index (χ1) is 13.2. The van der Waals surface area contributed by atoms with E-state index in [1.165, 1.54) is 0 Å². The van der Waals surface area contributed by atoms with E-state index in [9.17, 15) is 10.4 Å². The molecule has 27 heavy (non-hydrogen) atoms. The van der Waals surface area contributed by atoms with Crippen molar-refractivity contribution in [1.29, 1.82) is 5.26 Å². The summed E-state index contributed by atoms with van der Waals surface area (Å²) in [6, 6.07) is 9.24. The summed E-state index contributed by atoms with van der Waals surface area (Å²) in [5.41, 5.74) is 2.41. The summed E-state index contributed by atoms with van der Waals surface area (Å²) in [5, 5.41) is 21.6. The fourth-order valence-electron chi connectivity index (χ4n) is 4.20. The van der Waals surface area contributed by atoms with E-state index in [1.807, 2.05) is 34.1 Å². The van der Waals surface area contributed by atoms with Crippen LogP contribution in [0.4, 0.5) is 0 Å². The van der Waals surface area contributed by atoms with Crippen LogP contribution in [0.1, 0.15) is 18.4 Å². The van der Waals surface area contributed by atoms with Gasteiger partial charge in [-0.15, -0.1) is 0 Å². The van der Waals surface area contributed by atoms with Crippen molar-refractivity contribution in [3.8, 4) is 11.8 Å². The number of allylic oxidation sites excluding steroid dienone is 1. The standard InChI is InChI=1S/C20H24N4O3/c1-26-16-6-4-15(5-7-16)14-22-19-17(13-21)18-3-2-8-24(18)20(19,25)23-9-11-27-12-10-23/h4-7,14,19,25H,2-3,8-12H2,1H3. The van der Waals surface area contributed by atoms with E-state index >= 15 is 0 Å². The molecule has 3 aliphatic heterocycles. The predicted molar refractivity (Wildman–Crippen MR) is 100 cm³/mol. The lowest BCUT2D eigenvalue weighted by Gasteiger charge is -2.46. The van der Waals surface area contributed by atoms with Crippen LogP contribution in [0.2, 0.25) is 0 Å². The number of ether oxygens (including phenoxy) is 2. The average Bonchev–Trinajstić information content (AvgIpc) is 3.29. The minimum Gasteiger partial charge on any atom is -0.497 e. The van der Waals surface area contributed by atoms with E-state index < -0.39 is 11.9 Å². The molecule has 7 nitrogen and oxygen atoms in total. The predicted octanol–water partition coefficient (Wildman–Crippen LogP) is 1.35. The molecule has 0 bridgehead atoms.